The first kappa shape index (κ1) is 16.5. The third kappa shape index (κ3) is 4.52. The van der Waals surface area contributed by atoms with E-state index in [1.54, 1.807) is 19.1 Å². The molecule has 1 aromatic rings. The van der Waals surface area contributed by atoms with Crippen LogP contribution in [0, 0.1) is 0 Å². The summed E-state index contributed by atoms with van der Waals surface area (Å²) in [6.07, 6.45) is 4.17. The summed E-state index contributed by atoms with van der Waals surface area (Å²) < 4.78 is 27.6. The highest BCUT2D eigenvalue weighted by Gasteiger charge is 2.24. The fraction of sp³-hybridized carbons (Fsp3) is 0.500. The molecule has 1 aliphatic carbocycles. The average molecular weight is 375 g/mol. The molecule has 1 fully saturated rings. The Morgan fingerprint density at radius 3 is 2.38 bits per heavy atom. The summed E-state index contributed by atoms with van der Waals surface area (Å²) in [5, 5.41) is 2.89. The summed E-state index contributed by atoms with van der Waals surface area (Å²) in [4.78, 5) is 12.2. The van der Waals surface area contributed by atoms with Gasteiger partial charge in [0.25, 0.3) is 0 Å². The second-order valence-electron chi connectivity index (χ2n) is 5.29. The number of hydrogen-bond acceptors (Lipinski definition) is 3. The number of halogens is 1. The van der Waals surface area contributed by atoms with Crippen molar-refractivity contribution in [2.45, 2.75) is 49.6 Å². The molecule has 7 heteroatoms. The molecule has 0 saturated heterocycles. The number of carbonyl (C=O) groups is 1. The number of amides is 1. The van der Waals surface area contributed by atoms with Gasteiger partial charge >= 0.3 is 0 Å². The molecule has 0 radical (unpaired) electrons. The van der Waals surface area contributed by atoms with Crippen LogP contribution in [-0.4, -0.2) is 26.4 Å². The predicted molar refractivity (Wildman–Crippen MR) is 84.3 cm³/mol. The molecule has 5 nitrogen and oxygen atoms in total. The summed E-state index contributed by atoms with van der Waals surface area (Å²) >= 11 is 3.26. The SMILES string of the molecule is C[C@H](NS(=O)(=O)c1ccc(Br)cc1)C(=O)NC1CCCC1. The highest BCUT2D eigenvalue weighted by atomic mass is 79.9. The lowest BCUT2D eigenvalue weighted by Gasteiger charge is -2.17. The Morgan fingerprint density at radius 1 is 1.24 bits per heavy atom. The van der Waals surface area contributed by atoms with Gasteiger partial charge in [0.1, 0.15) is 0 Å². The van der Waals surface area contributed by atoms with E-state index >= 15 is 0 Å². The largest absolute Gasteiger partial charge is 0.352 e. The van der Waals surface area contributed by atoms with Crippen molar-refractivity contribution >= 4 is 31.9 Å². The molecule has 0 aliphatic heterocycles. The maximum atomic E-state index is 12.2. The van der Waals surface area contributed by atoms with E-state index in [9.17, 15) is 13.2 Å². The minimum atomic E-state index is -3.69. The Hall–Kier alpha value is -0.920. The van der Waals surface area contributed by atoms with E-state index in [4.69, 9.17) is 0 Å². The normalized spacial score (nSPS) is 17.6. The lowest BCUT2D eigenvalue weighted by Crippen LogP contribution is -2.47. The number of benzene rings is 1. The smallest absolute Gasteiger partial charge is 0.241 e. The van der Waals surface area contributed by atoms with E-state index in [1.165, 1.54) is 12.1 Å². The third-order valence-electron chi connectivity index (χ3n) is 3.55. The molecule has 2 rings (SSSR count). The van der Waals surface area contributed by atoms with Crippen molar-refractivity contribution in [1.29, 1.82) is 0 Å². The van der Waals surface area contributed by atoms with E-state index < -0.39 is 16.1 Å². The first-order valence-corrected chi connectivity index (χ1v) is 9.24. The van der Waals surface area contributed by atoms with Crippen molar-refractivity contribution in [3.63, 3.8) is 0 Å². The summed E-state index contributed by atoms with van der Waals surface area (Å²) in [5.41, 5.74) is 0. The third-order valence-corrected chi connectivity index (χ3v) is 5.64. The molecule has 1 aromatic carbocycles. The molecular formula is C14H19BrN2O3S. The number of hydrogen-bond donors (Lipinski definition) is 2. The van der Waals surface area contributed by atoms with Crippen LogP contribution in [0.25, 0.3) is 0 Å². The van der Waals surface area contributed by atoms with Gasteiger partial charge in [-0.05, 0) is 44.0 Å². The Morgan fingerprint density at radius 2 is 1.81 bits per heavy atom. The van der Waals surface area contributed by atoms with Gasteiger partial charge in [-0.2, -0.15) is 4.72 Å². The van der Waals surface area contributed by atoms with Crippen LogP contribution in [0.1, 0.15) is 32.6 Å². The Bertz CT molecular complexity index is 595. The molecule has 116 valence electrons. The lowest BCUT2D eigenvalue weighted by atomic mass is 10.2. The fourth-order valence-corrected chi connectivity index (χ4v) is 3.83. The summed E-state index contributed by atoms with van der Waals surface area (Å²) in [7, 11) is -3.69. The van der Waals surface area contributed by atoms with E-state index in [2.05, 4.69) is 26.0 Å². The fourth-order valence-electron chi connectivity index (χ4n) is 2.36. The summed E-state index contributed by atoms with van der Waals surface area (Å²) in [5.74, 6) is -0.275. The highest BCUT2D eigenvalue weighted by Crippen LogP contribution is 2.18. The number of rotatable bonds is 5. The van der Waals surface area contributed by atoms with Crippen LogP contribution in [0.5, 0.6) is 0 Å². The number of carbonyl (C=O) groups excluding carboxylic acids is 1. The van der Waals surface area contributed by atoms with Crippen LogP contribution < -0.4 is 10.0 Å². The summed E-state index contributed by atoms with van der Waals surface area (Å²) in [6, 6.07) is 5.67. The standard InChI is InChI=1S/C14H19BrN2O3S/c1-10(14(18)16-12-4-2-3-5-12)17-21(19,20)13-8-6-11(15)7-9-13/h6-10,12,17H,2-5H2,1H3,(H,16,18)/t10-/m0/s1. The van der Waals surface area contributed by atoms with Gasteiger partial charge in [-0.1, -0.05) is 28.8 Å². The molecule has 0 unspecified atom stereocenters. The molecular weight excluding hydrogens is 356 g/mol. The topological polar surface area (TPSA) is 75.3 Å². The highest BCUT2D eigenvalue weighted by molar-refractivity contribution is 9.10. The van der Waals surface area contributed by atoms with Crippen molar-refractivity contribution < 1.29 is 13.2 Å². The van der Waals surface area contributed by atoms with Crippen LogP contribution in [0.2, 0.25) is 0 Å². The zero-order valence-corrected chi connectivity index (χ0v) is 14.2. The van der Waals surface area contributed by atoms with Crippen LogP contribution >= 0.6 is 15.9 Å². The quantitative estimate of drug-likeness (QED) is 0.828. The van der Waals surface area contributed by atoms with Crippen molar-refractivity contribution in [1.82, 2.24) is 10.0 Å². The second-order valence-corrected chi connectivity index (χ2v) is 7.92. The van der Waals surface area contributed by atoms with Gasteiger partial charge in [0.05, 0.1) is 10.9 Å². The molecule has 0 spiro atoms. The first-order valence-electron chi connectivity index (χ1n) is 6.97. The number of sulfonamides is 1. The van der Waals surface area contributed by atoms with Gasteiger partial charge in [-0.15, -0.1) is 0 Å². The van der Waals surface area contributed by atoms with E-state index in [1.807, 2.05) is 0 Å². The zero-order chi connectivity index (χ0) is 15.5. The van der Waals surface area contributed by atoms with Crippen molar-refractivity contribution in [3.05, 3.63) is 28.7 Å². The van der Waals surface area contributed by atoms with Gasteiger partial charge < -0.3 is 5.32 Å². The van der Waals surface area contributed by atoms with Crippen molar-refractivity contribution in [2.75, 3.05) is 0 Å². The molecule has 1 atom stereocenters. The maximum absolute atomic E-state index is 12.2. The van der Waals surface area contributed by atoms with Gasteiger partial charge in [0.15, 0.2) is 0 Å². The van der Waals surface area contributed by atoms with Crippen LogP contribution in [0.3, 0.4) is 0 Å². The molecule has 2 N–H and O–H groups in total. The predicted octanol–water partition coefficient (Wildman–Crippen LogP) is 2.17. The van der Waals surface area contributed by atoms with Crippen molar-refractivity contribution in [2.24, 2.45) is 0 Å². The van der Waals surface area contributed by atoms with Gasteiger partial charge in [0.2, 0.25) is 15.9 Å². The maximum Gasteiger partial charge on any atom is 0.241 e. The Labute approximate surface area is 133 Å². The molecule has 0 heterocycles. The molecule has 0 bridgehead atoms. The zero-order valence-electron chi connectivity index (χ0n) is 11.8. The average Bonchev–Trinajstić information content (AvgIpc) is 2.91. The summed E-state index contributed by atoms with van der Waals surface area (Å²) in [6.45, 7) is 1.56. The minimum absolute atomic E-state index is 0.145. The second kappa shape index (κ2) is 6.89. The number of nitrogens with one attached hydrogen (secondary N) is 2. The minimum Gasteiger partial charge on any atom is -0.352 e. The molecule has 21 heavy (non-hydrogen) atoms. The van der Waals surface area contributed by atoms with Crippen LogP contribution in [-0.2, 0) is 14.8 Å². The van der Waals surface area contributed by atoms with Crippen LogP contribution in [0.4, 0.5) is 0 Å². The van der Waals surface area contributed by atoms with Crippen LogP contribution in [0.15, 0.2) is 33.6 Å². The molecule has 0 aromatic heterocycles. The van der Waals surface area contributed by atoms with E-state index in [0.717, 1.165) is 30.2 Å². The van der Waals surface area contributed by atoms with Gasteiger partial charge in [-0.25, -0.2) is 8.42 Å². The van der Waals surface area contributed by atoms with Crippen molar-refractivity contribution in [3.8, 4) is 0 Å². The van der Waals surface area contributed by atoms with E-state index in [0.29, 0.717) is 0 Å². The van der Waals surface area contributed by atoms with Gasteiger partial charge in [0, 0.05) is 10.5 Å². The lowest BCUT2D eigenvalue weighted by molar-refractivity contribution is -0.123. The Balaban J connectivity index is 1.98. The van der Waals surface area contributed by atoms with Gasteiger partial charge in [-0.3, -0.25) is 4.79 Å². The molecule has 1 aliphatic rings. The molecule has 1 saturated carbocycles. The van der Waals surface area contributed by atoms with E-state index in [-0.39, 0.29) is 16.8 Å². The Kier molecular flexibility index (Phi) is 5.40. The molecule has 1 amide bonds. The monoisotopic (exact) mass is 374 g/mol. The first-order chi connectivity index (χ1) is 9.88.